The molecule has 122 valence electrons. The quantitative estimate of drug-likeness (QED) is 0.552. The first kappa shape index (κ1) is 15.4. The average molecular weight is 343 g/mol. The molecule has 3 aromatic carbocycles. The van der Waals surface area contributed by atoms with Gasteiger partial charge >= 0.3 is 0 Å². The number of H-pyrrole nitrogens is 1. The molecule has 2 N–H and O–H groups in total. The van der Waals surface area contributed by atoms with Crippen LogP contribution in [-0.4, -0.2) is 9.78 Å². The van der Waals surface area contributed by atoms with E-state index in [2.05, 4.69) is 41.3 Å². The van der Waals surface area contributed by atoms with E-state index in [0.717, 1.165) is 21.9 Å². The van der Waals surface area contributed by atoms with E-state index in [9.17, 15) is 0 Å². The second kappa shape index (κ2) is 6.42. The maximum absolute atomic E-state index is 5.63. The summed E-state index contributed by atoms with van der Waals surface area (Å²) in [5.41, 5.74) is 2.03. The Morgan fingerprint density at radius 2 is 1.64 bits per heavy atom. The van der Waals surface area contributed by atoms with Gasteiger partial charge in [-0.2, -0.15) is 0 Å². The smallest absolute Gasteiger partial charge is 0.136 e. The van der Waals surface area contributed by atoms with Crippen LogP contribution in [0.5, 0.6) is 0 Å². The van der Waals surface area contributed by atoms with Crippen molar-refractivity contribution in [3.05, 3.63) is 88.0 Å². The van der Waals surface area contributed by atoms with Gasteiger partial charge in [0.2, 0.25) is 0 Å². The average Bonchev–Trinajstić information content (AvgIpc) is 2.94. The lowest BCUT2D eigenvalue weighted by atomic mass is 10.1. The number of hydrogen-bond acceptors (Lipinski definition) is 2. The van der Waals surface area contributed by atoms with E-state index in [4.69, 9.17) is 12.2 Å². The van der Waals surface area contributed by atoms with Crippen LogP contribution in [0, 0.1) is 4.64 Å². The molecule has 0 bridgehead atoms. The molecule has 0 saturated heterocycles. The third-order valence-electron chi connectivity index (χ3n) is 4.18. The number of hydrogen-bond donors (Lipinski definition) is 2. The van der Waals surface area contributed by atoms with Crippen LogP contribution in [0.3, 0.4) is 0 Å². The highest BCUT2D eigenvalue weighted by Crippen LogP contribution is 2.22. The van der Waals surface area contributed by atoms with Crippen LogP contribution < -0.4 is 15.9 Å². The standard InChI is InChI=1S/C21H17N3S/c1-15-19(21(25)24(23-15)17-10-3-2-4-11-17)14-22-20-13-7-9-16-8-5-6-12-18(16)20/h2-14,22-23H,1H2/b19-14-. The van der Waals surface area contributed by atoms with Crippen molar-refractivity contribution in [2.24, 2.45) is 0 Å². The Morgan fingerprint density at radius 1 is 0.920 bits per heavy atom. The fraction of sp³-hybridized carbons (Fsp3) is 0. The lowest BCUT2D eigenvalue weighted by Gasteiger charge is -2.05. The molecule has 0 aliphatic heterocycles. The Hall–Kier alpha value is -3.11. The second-order valence-electron chi connectivity index (χ2n) is 5.80. The van der Waals surface area contributed by atoms with Crippen molar-refractivity contribution < 1.29 is 0 Å². The lowest BCUT2D eigenvalue weighted by Crippen LogP contribution is -2.22. The molecule has 25 heavy (non-hydrogen) atoms. The van der Waals surface area contributed by atoms with Gasteiger partial charge in [0.25, 0.3) is 0 Å². The number of para-hydroxylation sites is 1. The van der Waals surface area contributed by atoms with E-state index in [1.54, 1.807) is 0 Å². The third kappa shape index (κ3) is 2.88. The molecule has 0 fully saturated rings. The molecule has 4 rings (SSSR count). The van der Waals surface area contributed by atoms with E-state index in [0.29, 0.717) is 4.64 Å². The maximum atomic E-state index is 5.63. The molecule has 0 aliphatic rings. The van der Waals surface area contributed by atoms with Crippen molar-refractivity contribution >= 4 is 41.5 Å². The monoisotopic (exact) mass is 343 g/mol. The number of aromatic nitrogens is 2. The number of anilines is 1. The van der Waals surface area contributed by atoms with Gasteiger partial charge in [-0.25, -0.2) is 4.68 Å². The molecule has 0 saturated carbocycles. The zero-order valence-electron chi connectivity index (χ0n) is 13.6. The highest BCUT2D eigenvalue weighted by Gasteiger charge is 2.02. The Labute approximate surface area is 150 Å². The molecule has 0 unspecified atom stereocenters. The Morgan fingerprint density at radius 3 is 2.48 bits per heavy atom. The van der Waals surface area contributed by atoms with E-state index in [1.807, 2.05) is 59.4 Å². The first-order valence-electron chi connectivity index (χ1n) is 8.04. The molecule has 4 aromatic rings. The Bertz CT molecular complexity index is 1200. The summed E-state index contributed by atoms with van der Waals surface area (Å²) in [6.07, 6.45) is 1.92. The number of nitrogens with one attached hydrogen (secondary N) is 2. The summed E-state index contributed by atoms with van der Waals surface area (Å²) in [5, 5.41) is 10.6. The van der Waals surface area contributed by atoms with Crippen LogP contribution in [-0.2, 0) is 0 Å². The molecular formula is C21H17N3S. The molecule has 0 amide bonds. The minimum absolute atomic E-state index is 0.698. The fourth-order valence-corrected chi connectivity index (χ4v) is 3.24. The number of fused-ring (bicyclic) bond motifs is 1. The van der Waals surface area contributed by atoms with Gasteiger partial charge in [-0.05, 0) is 23.6 Å². The molecular weight excluding hydrogens is 326 g/mol. The molecule has 1 aromatic heterocycles. The zero-order chi connectivity index (χ0) is 17.2. The minimum atomic E-state index is 0.698. The van der Waals surface area contributed by atoms with Gasteiger partial charge in [-0.3, -0.25) is 5.10 Å². The van der Waals surface area contributed by atoms with Gasteiger partial charge in [0.05, 0.1) is 16.3 Å². The van der Waals surface area contributed by atoms with Crippen LogP contribution in [0.25, 0.3) is 29.2 Å². The third-order valence-corrected chi connectivity index (χ3v) is 4.58. The molecule has 0 atom stereocenters. The highest BCUT2D eigenvalue weighted by molar-refractivity contribution is 7.71. The molecule has 3 nitrogen and oxygen atoms in total. The van der Waals surface area contributed by atoms with Gasteiger partial charge in [-0.1, -0.05) is 73.4 Å². The summed E-state index contributed by atoms with van der Waals surface area (Å²) in [7, 11) is 0. The predicted octanol–water partition coefficient (Wildman–Crippen LogP) is 3.95. The Balaban J connectivity index is 1.79. The van der Waals surface area contributed by atoms with Crippen molar-refractivity contribution in [3.8, 4) is 5.69 Å². The van der Waals surface area contributed by atoms with Gasteiger partial charge < -0.3 is 5.32 Å². The lowest BCUT2D eigenvalue weighted by molar-refractivity contribution is 0.857. The topological polar surface area (TPSA) is 32.8 Å². The fourth-order valence-electron chi connectivity index (χ4n) is 2.90. The summed E-state index contributed by atoms with van der Waals surface area (Å²) < 4.78 is 2.57. The van der Waals surface area contributed by atoms with E-state index >= 15 is 0 Å². The molecule has 1 heterocycles. The molecule has 0 aliphatic carbocycles. The number of aromatic amines is 1. The van der Waals surface area contributed by atoms with Crippen molar-refractivity contribution in [2.45, 2.75) is 0 Å². The van der Waals surface area contributed by atoms with Crippen LogP contribution >= 0.6 is 12.2 Å². The molecule has 4 heteroatoms. The van der Waals surface area contributed by atoms with Crippen LogP contribution in [0.4, 0.5) is 5.69 Å². The number of nitrogens with zero attached hydrogens (tertiary/aromatic N) is 1. The van der Waals surface area contributed by atoms with E-state index in [1.165, 1.54) is 10.8 Å². The summed E-state index contributed by atoms with van der Waals surface area (Å²) in [6, 6.07) is 24.5. The van der Waals surface area contributed by atoms with Crippen molar-refractivity contribution in [3.63, 3.8) is 0 Å². The normalized spacial score (nSPS) is 11.8. The zero-order valence-corrected chi connectivity index (χ0v) is 14.4. The predicted molar refractivity (Wildman–Crippen MR) is 108 cm³/mol. The molecule has 0 spiro atoms. The second-order valence-corrected chi connectivity index (χ2v) is 6.18. The molecule has 0 radical (unpaired) electrons. The van der Waals surface area contributed by atoms with Gasteiger partial charge in [0, 0.05) is 17.3 Å². The maximum Gasteiger partial charge on any atom is 0.136 e. The highest BCUT2D eigenvalue weighted by atomic mass is 32.1. The largest absolute Gasteiger partial charge is 0.360 e. The summed E-state index contributed by atoms with van der Waals surface area (Å²) in [5.74, 6) is 0. The minimum Gasteiger partial charge on any atom is -0.360 e. The van der Waals surface area contributed by atoms with Crippen molar-refractivity contribution in [1.82, 2.24) is 9.78 Å². The van der Waals surface area contributed by atoms with Gasteiger partial charge in [0.15, 0.2) is 0 Å². The van der Waals surface area contributed by atoms with Crippen molar-refractivity contribution in [2.75, 3.05) is 5.32 Å². The van der Waals surface area contributed by atoms with Crippen LogP contribution in [0.1, 0.15) is 0 Å². The van der Waals surface area contributed by atoms with Gasteiger partial charge in [0.1, 0.15) is 4.64 Å². The summed E-state index contributed by atoms with van der Waals surface area (Å²) in [4.78, 5) is 0. The number of benzene rings is 3. The SMILES string of the molecule is C=c1[nH]n(-c2ccccc2)c(=S)/c1=C\Nc1cccc2ccccc12. The van der Waals surface area contributed by atoms with Crippen molar-refractivity contribution in [1.29, 1.82) is 0 Å². The first-order valence-corrected chi connectivity index (χ1v) is 8.45. The summed E-state index contributed by atoms with van der Waals surface area (Å²) >= 11 is 5.63. The van der Waals surface area contributed by atoms with Gasteiger partial charge in [-0.15, -0.1) is 0 Å². The van der Waals surface area contributed by atoms with E-state index < -0.39 is 0 Å². The van der Waals surface area contributed by atoms with Crippen LogP contribution in [0.2, 0.25) is 0 Å². The Kier molecular flexibility index (Phi) is 3.96. The summed E-state index contributed by atoms with van der Waals surface area (Å²) in [6.45, 7) is 4.09. The number of rotatable bonds is 3. The van der Waals surface area contributed by atoms with E-state index in [-0.39, 0.29) is 0 Å². The first-order chi connectivity index (χ1) is 12.2. The van der Waals surface area contributed by atoms with Crippen LogP contribution in [0.15, 0.2) is 72.8 Å².